The van der Waals surface area contributed by atoms with Gasteiger partial charge in [0.2, 0.25) is 5.13 Å². The van der Waals surface area contributed by atoms with Gasteiger partial charge in [-0.3, -0.25) is 4.79 Å². The van der Waals surface area contributed by atoms with Crippen molar-refractivity contribution in [2.24, 2.45) is 0 Å². The van der Waals surface area contributed by atoms with Crippen molar-refractivity contribution in [3.8, 4) is 0 Å². The van der Waals surface area contributed by atoms with Gasteiger partial charge in [-0.15, -0.1) is 10.2 Å². The highest BCUT2D eigenvalue weighted by molar-refractivity contribution is 8.01. The number of carbonyl (C=O) groups is 1. The Morgan fingerprint density at radius 3 is 2.68 bits per heavy atom. The monoisotopic (exact) mass is 296 g/mol. The average Bonchev–Trinajstić information content (AvgIpc) is 2.93. The van der Waals surface area contributed by atoms with E-state index < -0.39 is 0 Å². The second-order valence-corrected chi connectivity index (χ2v) is 6.63. The van der Waals surface area contributed by atoms with Crippen LogP contribution in [0.2, 0.25) is 0 Å². The SMILES string of the molecule is Cc1cc(C(=O)CSc2nnc(N(C)C)s2)c(C)[nH]1. The van der Waals surface area contributed by atoms with Crippen LogP contribution in [0.25, 0.3) is 0 Å². The third kappa shape index (κ3) is 3.36. The molecular weight excluding hydrogens is 280 g/mol. The summed E-state index contributed by atoms with van der Waals surface area (Å²) in [6, 6.07) is 1.89. The second-order valence-electron chi connectivity index (χ2n) is 4.45. The van der Waals surface area contributed by atoms with Crippen LogP contribution in [-0.4, -0.2) is 40.8 Å². The molecule has 0 radical (unpaired) electrons. The van der Waals surface area contributed by atoms with Gasteiger partial charge in [0.1, 0.15) is 0 Å². The summed E-state index contributed by atoms with van der Waals surface area (Å²) in [6.07, 6.45) is 0. The number of aromatic nitrogens is 3. The maximum Gasteiger partial charge on any atom is 0.208 e. The van der Waals surface area contributed by atoms with Crippen molar-refractivity contribution in [2.75, 3.05) is 24.7 Å². The summed E-state index contributed by atoms with van der Waals surface area (Å²) in [6.45, 7) is 3.87. The molecule has 0 amide bonds. The van der Waals surface area contributed by atoms with Gasteiger partial charge in [0.15, 0.2) is 10.1 Å². The van der Waals surface area contributed by atoms with Gasteiger partial charge in [0, 0.05) is 31.0 Å². The summed E-state index contributed by atoms with van der Waals surface area (Å²) in [5, 5.41) is 8.96. The average molecular weight is 296 g/mol. The number of rotatable bonds is 5. The molecule has 0 bridgehead atoms. The van der Waals surface area contributed by atoms with E-state index >= 15 is 0 Å². The van der Waals surface area contributed by atoms with E-state index in [9.17, 15) is 4.79 Å². The van der Waals surface area contributed by atoms with E-state index in [1.807, 2.05) is 38.9 Å². The van der Waals surface area contributed by atoms with Gasteiger partial charge in [-0.25, -0.2) is 0 Å². The van der Waals surface area contributed by atoms with Crippen LogP contribution in [0.4, 0.5) is 5.13 Å². The Hall–Kier alpha value is -1.34. The number of H-pyrrole nitrogens is 1. The molecule has 2 aromatic heterocycles. The molecule has 2 heterocycles. The maximum absolute atomic E-state index is 12.1. The molecule has 7 heteroatoms. The molecule has 0 atom stereocenters. The van der Waals surface area contributed by atoms with Crippen LogP contribution in [-0.2, 0) is 0 Å². The van der Waals surface area contributed by atoms with E-state index in [2.05, 4.69) is 15.2 Å². The zero-order valence-electron chi connectivity index (χ0n) is 11.4. The lowest BCUT2D eigenvalue weighted by Crippen LogP contribution is -2.07. The lowest BCUT2D eigenvalue weighted by molar-refractivity contribution is 0.102. The highest BCUT2D eigenvalue weighted by Crippen LogP contribution is 2.27. The minimum absolute atomic E-state index is 0.119. The van der Waals surface area contributed by atoms with Crippen molar-refractivity contribution >= 4 is 34.0 Å². The molecule has 1 N–H and O–H groups in total. The van der Waals surface area contributed by atoms with Crippen molar-refractivity contribution in [3.05, 3.63) is 23.0 Å². The van der Waals surface area contributed by atoms with Crippen molar-refractivity contribution in [1.82, 2.24) is 15.2 Å². The Labute approximate surface area is 120 Å². The minimum atomic E-state index is 0.119. The summed E-state index contributed by atoms with van der Waals surface area (Å²) >= 11 is 2.93. The molecular formula is C12H16N4OS2. The molecule has 0 spiro atoms. The van der Waals surface area contributed by atoms with Crippen LogP contribution in [0.1, 0.15) is 21.7 Å². The molecule has 0 saturated heterocycles. The fraction of sp³-hybridized carbons (Fsp3) is 0.417. The van der Waals surface area contributed by atoms with Gasteiger partial charge in [0.05, 0.1) is 5.75 Å². The van der Waals surface area contributed by atoms with Crippen LogP contribution in [0, 0.1) is 13.8 Å². The molecule has 102 valence electrons. The summed E-state index contributed by atoms with van der Waals surface area (Å²) in [5.74, 6) is 0.508. The lowest BCUT2D eigenvalue weighted by atomic mass is 10.2. The number of hydrogen-bond acceptors (Lipinski definition) is 6. The Morgan fingerprint density at radius 1 is 1.42 bits per heavy atom. The first-order chi connectivity index (χ1) is 8.97. The molecule has 0 aliphatic heterocycles. The maximum atomic E-state index is 12.1. The number of thioether (sulfide) groups is 1. The molecule has 2 rings (SSSR count). The van der Waals surface area contributed by atoms with E-state index in [-0.39, 0.29) is 5.78 Å². The zero-order valence-corrected chi connectivity index (χ0v) is 13.0. The highest BCUT2D eigenvalue weighted by Gasteiger charge is 2.14. The number of aryl methyl sites for hydroxylation is 2. The fourth-order valence-corrected chi connectivity index (χ4v) is 3.31. The molecule has 2 aromatic rings. The number of hydrogen-bond donors (Lipinski definition) is 1. The van der Waals surface area contributed by atoms with Crippen LogP contribution >= 0.6 is 23.1 Å². The van der Waals surface area contributed by atoms with Gasteiger partial charge in [-0.2, -0.15) is 0 Å². The van der Waals surface area contributed by atoms with Crippen molar-refractivity contribution in [2.45, 2.75) is 18.2 Å². The van der Waals surface area contributed by atoms with Gasteiger partial charge < -0.3 is 9.88 Å². The molecule has 0 aromatic carbocycles. The number of nitrogens with zero attached hydrogens (tertiary/aromatic N) is 3. The van der Waals surface area contributed by atoms with E-state index in [0.717, 1.165) is 26.4 Å². The number of anilines is 1. The normalized spacial score (nSPS) is 10.7. The molecule has 19 heavy (non-hydrogen) atoms. The minimum Gasteiger partial charge on any atom is -0.362 e. The first kappa shape index (κ1) is 14.1. The fourth-order valence-electron chi connectivity index (χ4n) is 1.66. The van der Waals surface area contributed by atoms with Crippen molar-refractivity contribution in [1.29, 1.82) is 0 Å². The van der Waals surface area contributed by atoms with Crippen LogP contribution in [0.3, 0.4) is 0 Å². The molecule has 0 fully saturated rings. The van der Waals surface area contributed by atoms with Crippen LogP contribution in [0.15, 0.2) is 10.4 Å². The molecule has 0 saturated carbocycles. The zero-order chi connectivity index (χ0) is 14.0. The predicted molar refractivity (Wildman–Crippen MR) is 79.6 cm³/mol. The molecule has 0 aliphatic carbocycles. The van der Waals surface area contributed by atoms with Gasteiger partial charge in [-0.05, 0) is 19.9 Å². The number of nitrogens with one attached hydrogen (secondary N) is 1. The number of carbonyl (C=O) groups excluding carboxylic acids is 1. The second kappa shape index (κ2) is 5.75. The summed E-state index contributed by atoms with van der Waals surface area (Å²) in [5.41, 5.74) is 2.70. The van der Waals surface area contributed by atoms with Crippen molar-refractivity contribution in [3.63, 3.8) is 0 Å². The predicted octanol–water partition coefficient (Wildman–Crippen LogP) is 2.52. The number of Topliss-reactive ketones (excluding diaryl/α,β-unsaturated/α-hetero) is 1. The largest absolute Gasteiger partial charge is 0.362 e. The van der Waals surface area contributed by atoms with Gasteiger partial charge in [-0.1, -0.05) is 23.1 Å². The van der Waals surface area contributed by atoms with E-state index in [1.54, 1.807) is 0 Å². The van der Waals surface area contributed by atoms with E-state index in [4.69, 9.17) is 0 Å². The van der Waals surface area contributed by atoms with Crippen LogP contribution < -0.4 is 4.90 Å². The quantitative estimate of drug-likeness (QED) is 0.678. The summed E-state index contributed by atoms with van der Waals surface area (Å²) in [4.78, 5) is 17.1. The lowest BCUT2D eigenvalue weighted by Gasteiger charge is -2.03. The Morgan fingerprint density at radius 2 is 2.16 bits per heavy atom. The van der Waals surface area contributed by atoms with E-state index in [0.29, 0.717) is 5.75 Å². The number of aromatic amines is 1. The third-order valence-corrected chi connectivity index (χ3v) is 4.78. The first-order valence-corrected chi connectivity index (χ1v) is 7.60. The Bertz CT molecular complexity index is 588. The van der Waals surface area contributed by atoms with E-state index in [1.165, 1.54) is 23.1 Å². The molecule has 5 nitrogen and oxygen atoms in total. The summed E-state index contributed by atoms with van der Waals surface area (Å²) in [7, 11) is 3.85. The van der Waals surface area contributed by atoms with Gasteiger partial charge in [0.25, 0.3) is 0 Å². The van der Waals surface area contributed by atoms with Crippen LogP contribution in [0.5, 0.6) is 0 Å². The highest BCUT2D eigenvalue weighted by atomic mass is 32.2. The smallest absolute Gasteiger partial charge is 0.208 e. The molecule has 0 unspecified atom stereocenters. The first-order valence-electron chi connectivity index (χ1n) is 5.80. The summed E-state index contributed by atoms with van der Waals surface area (Å²) < 4.78 is 0.821. The third-order valence-electron chi connectivity index (χ3n) is 2.56. The Balaban J connectivity index is 1.98. The Kier molecular flexibility index (Phi) is 4.26. The molecule has 0 aliphatic rings. The van der Waals surface area contributed by atoms with Gasteiger partial charge >= 0.3 is 0 Å². The standard InChI is InChI=1S/C12H16N4OS2/c1-7-5-9(8(2)13-7)10(17)6-18-12-15-14-11(19-12)16(3)4/h5,13H,6H2,1-4H3. The topological polar surface area (TPSA) is 61.9 Å². The number of ketones is 1. The van der Waals surface area contributed by atoms with Crippen molar-refractivity contribution < 1.29 is 4.79 Å².